The molecule has 0 radical (unpaired) electrons. The van der Waals surface area contributed by atoms with E-state index in [0.717, 1.165) is 11.1 Å². The van der Waals surface area contributed by atoms with Crippen LogP contribution in [0.5, 0.6) is 11.5 Å². The van der Waals surface area contributed by atoms with E-state index in [9.17, 15) is 5.11 Å². The Morgan fingerprint density at radius 3 is 2.50 bits per heavy atom. The molecule has 0 heterocycles. The molecule has 2 rings (SSSR count). The molecule has 94 valence electrons. The average molecular weight is 243 g/mol. The highest BCUT2D eigenvalue weighted by Crippen LogP contribution is 2.27. The molecule has 0 aliphatic heterocycles. The van der Waals surface area contributed by atoms with Crippen LogP contribution in [0.2, 0.25) is 0 Å². The number of rotatable bonds is 4. The Hall–Kier alpha value is -2.00. The van der Waals surface area contributed by atoms with E-state index in [4.69, 9.17) is 10.5 Å². The van der Waals surface area contributed by atoms with Crippen molar-refractivity contribution in [2.24, 2.45) is 5.73 Å². The van der Waals surface area contributed by atoms with E-state index in [2.05, 4.69) is 0 Å². The zero-order valence-electron chi connectivity index (χ0n) is 10.3. The number of hydrogen-bond donors (Lipinski definition) is 2. The summed E-state index contributed by atoms with van der Waals surface area (Å²) in [6, 6.07) is 15.2. The molecule has 0 aliphatic carbocycles. The molecule has 2 aromatic rings. The molecule has 0 saturated carbocycles. The minimum Gasteiger partial charge on any atom is -0.504 e. The van der Waals surface area contributed by atoms with Crippen molar-refractivity contribution in [2.45, 2.75) is 12.5 Å². The van der Waals surface area contributed by atoms with Gasteiger partial charge in [0.1, 0.15) is 0 Å². The van der Waals surface area contributed by atoms with Gasteiger partial charge in [0.25, 0.3) is 0 Å². The third-order valence-corrected chi connectivity index (χ3v) is 2.93. The van der Waals surface area contributed by atoms with Crippen LogP contribution in [0.3, 0.4) is 0 Å². The van der Waals surface area contributed by atoms with Gasteiger partial charge in [0.15, 0.2) is 11.5 Å². The van der Waals surface area contributed by atoms with Crippen LogP contribution >= 0.6 is 0 Å². The van der Waals surface area contributed by atoms with Crippen molar-refractivity contribution in [1.29, 1.82) is 0 Å². The summed E-state index contributed by atoms with van der Waals surface area (Å²) < 4.78 is 5.01. The molecular weight excluding hydrogens is 226 g/mol. The standard InChI is InChI=1S/C15H17NO2/c1-18-15-8-7-11(10-14(15)17)9-13(16)12-5-3-2-4-6-12/h2-8,10,13,17H,9,16H2,1H3. The molecule has 3 nitrogen and oxygen atoms in total. The molecule has 3 N–H and O–H groups in total. The maximum absolute atomic E-state index is 9.71. The smallest absolute Gasteiger partial charge is 0.160 e. The zero-order chi connectivity index (χ0) is 13.0. The van der Waals surface area contributed by atoms with Crippen molar-refractivity contribution in [3.8, 4) is 11.5 Å². The lowest BCUT2D eigenvalue weighted by Gasteiger charge is -2.13. The number of methoxy groups -OCH3 is 1. The molecule has 0 amide bonds. The van der Waals surface area contributed by atoms with E-state index in [0.29, 0.717) is 12.2 Å². The first-order valence-electron chi connectivity index (χ1n) is 5.87. The van der Waals surface area contributed by atoms with Crippen LogP contribution in [0.25, 0.3) is 0 Å². The highest BCUT2D eigenvalue weighted by molar-refractivity contribution is 5.42. The van der Waals surface area contributed by atoms with E-state index in [1.165, 1.54) is 7.11 Å². The molecule has 0 saturated heterocycles. The molecule has 18 heavy (non-hydrogen) atoms. The van der Waals surface area contributed by atoms with Crippen molar-refractivity contribution >= 4 is 0 Å². The quantitative estimate of drug-likeness (QED) is 0.868. The summed E-state index contributed by atoms with van der Waals surface area (Å²) >= 11 is 0. The fourth-order valence-corrected chi connectivity index (χ4v) is 1.93. The summed E-state index contributed by atoms with van der Waals surface area (Å²) in [6.45, 7) is 0. The number of phenols is 1. The van der Waals surface area contributed by atoms with E-state index >= 15 is 0 Å². The van der Waals surface area contributed by atoms with Crippen LogP contribution in [0, 0.1) is 0 Å². The Labute approximate surface area is 107 Å². The first-order valence-corrected chi connectivity index (χ1v) is 5.87. The average Bonchev–Trinajstić information content (AvgIpc) is 2.40. The van der Waals surface area contributed by atoms with Gasteiger partial charge in [-0.25, -0.2) is 0 Å². The van der Waals surface area contributed by atoms with Crippen LogP contribution in [-0.4, -0.2) is 12.2 Å². The third-order valence-electron chi connectivity index (χ3n) is 2.93. The molecule has 0 bridgehead atoms. The molecule has 0 spiro atoms. The summed E-state index contributed by atoms with van der Waals surface area (Å²) in [6.07, 6.45) is 0.682. The summed E-state index contributed by atoms with van der Waals surface area (Å²) in [4.78, 5) is 0. The van der Waals surface area contributed by atoms with E-state index in [1.807, 2.05) is 36.4 Å². The number of benzene rings is 2. The van der Waals surface area contributed by atoms with Crippen LogP contribution in [0.15, 0.2) is 48.5 Å². The Morgan fingerprint density at radius 2 is 1.89 bits per heavy atom. The predicted molar refractivity (Wildman–Crippen MR) is 71.7 cm³/mol. The van der Waals surface area contributed by atoms with E-state index < -0.39 is 0 Å². The Kier molecular flexibility index (Phi) is 3.85. The molecule has 2 aromatic carbocycles. The van der Waals surface area contributed by atoms with Gasteiger partial charge in [-0.05, 0) is 29.7 Å². The lowest BCUT2D eigenvalue weighted by atomic mass is 9.99. The topological polar surface area (TPSA) is 55.5 Å². The van der Waals surface area contributed by atoms with Crippen molar-refractivity contribution in [3.63, 3.8) is 0 Å². The van der Waals surface area contributed by atoms with Crippen LogP contribution in [0.4, 0.5) is 0 Å². The summed E-state index contributed by atoms with van der Waals surface area (Å²) in [7, 11) is 1.53. The van der Waals surface area contributed by atoms with Crippen molar-refractivity contribution in [1.82, 2.24) is 0 Å². The van der Waals surface area contributed by atoms with Crippen LogP contribution < -0.4 is 10.5 Å². The SMILES string of the molecule is COc1ccc(CC(N)c2ccccc2)cc1O. The highest BCUT2D eigenvalue weighted by atomic mass is 16.5. The van der Waals surface area contributed by atoms with Gasteiger partial charge in [-0.1, -0.05) is 36.4 Å². The Morgan fingerprint density at radius 1 is 1.17 bits per heavy atom. The largest absolute Gasteiger partial charge is 0.504 e. The lowest BCUT2D eigenvalue weighted by molar-refractivity contribution is 0.373. The maximum Gasteiger partial charge on any atom is 0.160 e. The van der Waals surface area contributed by atoms with Gasteiger partial charge in [-0.15, -0.1) is 0 Å². The zero-order valence-corrected chi connectivity index (χ0v) is 10.3. The van der Waals surface area contributed by atoms with Gasteiger partial charge in [-0.3, -0.25) is 0 Å². The van der Waals surface area contributed by atoms with Gasteiger partial charge in [-0.2, -0.15) is 0 Å². The molecule has 1 unspecified atom stereocenters. The van der Waals surface area contributed by atoms with Crippen molar-refractivity contribution in [2.75, 3.05) is 7.11 Å². The number of ether oxygens (including phenoxy) is 1. The Bertz CT molecular complexity index is 511. The van der Waals surface area contributed by atoms with E-state index in [1.54, 1.807) is 12.1 Å². The minimum atomic E-state index is -0.0704. The second kappa shape index (κ2) is 5.56. The second-order valence-corrected chi connectivity index (χ2v) is 4.23. The normalized spacial score (nSPS) is 12.1. The molecule has 1 atom stereocenters. The fraction of sp³-hybridized carbons (Fsp3) is 0.200. The molecule has 3 heteroatoms. The number of nitrogens with two attached hydrogens (primary N) is 1. The van der Waals surface area contributed by atoms with Gasteiger partial charge < -0.3 is 15.6 Å². The fourth-order valence-electron chi connectivity index (χ4n) is 1.93. The van der Waals surface area contributed by atoms with Crippen LogP contribution in [-0.2, 0) is 6.42 Å². The molecule has 0 fully saturated rings. The van der Waals surface area contributed by atoms with Crippen molar-refractivity contribution in [3.05, 3.63) is 59.7 Å². The minimum absolute atomic E-state index is 0.0704. The van der Waals surface area contributed by atoms with Gasteiger partial charge in [0, 0.05) is 6.04 Å². The number of aromatic hydroxyl groups is 1. The van der Waals surface area contributed by atoms with E-state index in [-0.39, 0.29) is 11.8 Å². The summed E-state index contributed by atoms with van der Waals surface area (Å²) in [5, 5.41) is 9.71. The second-order valence-electron chi connectivity index (χ2n) is 4.23. The first-order chi connectivity index (χ1) is 8.70. The van der Waals surface area contributed by atoms with Gasteiger partial charge in [0.05, 0.1) is 7.11 Å². The number of phenolic OH excluding ortho intramolecular Hbond substituents is 1. The highest BCUT2D eigenvalue weighted by Gasteiger charge is 2.08. The van der Waals surface area contributed by atoms with Crippen molar-refractivity contribution < 1.29 is 9.84 Å². The monoisotopic (exact) mass is 243 g/mol. The van der Waals surface area contributed by atoms with Gasteiger partial charge in [0.2, 0.25) is 0 Å². The predicted octanol–water partition coefficient (Wildman–Crippen LogP) is 2.64. The molecule has 0 aromatic heterocycles. The number of hydrogen-bond acceptors (Lipinski definition) is 3. The summed E-state index contributed by atoms with van der Waals surface area (Å²) in [5.74, 6) is 0.627. The lowest BCUT2D eigenvalue weighted by Crippen LogP contribution is -2.13. The molecule has 0 aliphatic rings. The summed E-state index contributed by atoms with van der Waals surface area (Å²) in [5.41, 5.74) is 8.22. The third kappa shape index (κ3) is 2.81. The molecular formula is C15H17NO2. The first kappa shape index (κ1) is 12.5. The maximum atomic E-state index is 9.71. The Balaban J connectivity index is 2.12. The van der Waals surface area contributed by atoms with Crippen LogP contribution in [0.1, 0.15) is 17.2 Å². The van der Waals surface area contributed by atoms with Gasteiger partial charge >= 0.3 is 0 Å².